The summed E-state index contributed by atoms with van der Waals surface area (Å²) >= 11 is 0. The molecule has 2 aliphatic heterocycles. The lowest BCUT2D eigenvalue weighted by atomic mass is 10.1. The fraction of sp³-hybridized carbons (Fsp3) is 0.789. The first-order chi connectivity index (χ1) is 12.9. The van der Waals surface area contributed by atoms with Gasteiger partial charge in [-0.3, -0.25) is 9.59 Å². The molecule has 27 heavy (non-hydrogen) atoms. The number of allylic oxidation sites excluding steroid dienone is 1. The summed E-state index contributed by atoms with van der Waals surface area (Å²) in [6.07, 6.45) is 9.80. The Balaban J connectivity index is 1.84. The van der Waals surface area contributed by atoms with E-state index in [1.165, 1.54) is 0 Å². The molecule has 8 heteroatoms. The highest BCUT2D eigenvalue weighted by Crippen LogP contribution is 2.58. The Hall–Kier alpha value is -1.30. The topological polar surface area (TPSA) is 98.7 Å². The number of nitrogens with one attached hydrogen (secondary N) is 2. The zero-order valence-corrected chi connectivity index (χ0v) is 17.1. The van der Waals surface area contributed by atoms with E-state index in [0.717, 1.165) is 32.1 Å². The van der Waals surface area contributed by atoms with Crippen molar-refractivity contribution in [3.05, 3.63) is 12.2 Å². The Morgan fingerprint density at radius 2 is 2.11 bits per heavy atom. The van der Waals surface area contributed by atoms with Crippen molar-refractivity contribution in [3.8, 4) is 0 Å². The fourth-order valence-corrected chi connectivity index (χ4v) is 5.32. The van der Waals surface area contributed by atoms with E-state index >= 15 is 0 Å². The van der Waals surface area contributed by atoms with Crippen LogP contribution in [0.4, 0.5) is 0 Å². The number of amides is 2. The average molecular weight is 396 g/mol. The van der Waals surface area contributed by atoms with Crippen molar-refractivity contribution >= 4 is 19.8 Å². The van der Waals surface area contributed by atoms with Gasteiger partial charge in [0.2, 0.25) is 11.8 Å². The molecule has 1 aliphatic carbocycles. The summed E-state index contributed by atoms with van der Waals surface area (Å²) in [5.41, 5.74) is 0. The van der Waals surface area contributed by atoms with Crippen LogP contribution in [0.2, 0.25) is 0 Å². The van der Waals surface area contributed by atoms with E-state index in [1.807, 2.05) is 13.0 Å². The standard InChI is InChI=1S/C19H30N3O4P/c1-13-10-16-17(23)21-19(27(25)26)11-14(19)8-6-4-3-5-7-9-15(20-2)18(24)22(16)12-13/h6,8,13-16,20H,3-5,7,9-12H2,1-2H3,(H-,21,23,25,26)/p+1/b8-6-. The maximum atomic E-state index is 13.1. The lowest BCUT2D eigenvalue weighted by Gasteiger charge is -2.28. The number of likely N-dealkylation sites (N-methyl/N-ethyl adjacent to an activating group) is 1. The minimum atomic E-state index is -2.54. The van der Waals surface area contributed by atoms with Gasteiger partial charge in [-0.2, -0.15) is 4.89 Å². The molecule has 0 radical (unpaired) electrons. The van der Waals surface area contributed by atoms with E-state index in [-0.39, 0.29) is 29.7 Å². The molecule has 6 unspecified atom stereocenters. The molecule has 150 valence electrons. The molecular weight excluding hydrogens is 365 g/mol. The van der Waals surface area contributed by atoms with Crippen molar-refractivity contribution < 1.29 is 19.0 Å². The van der Waals surface area contributed by atoms with E-state index in [1.54, 1.807) is 11.9 Å². The lowest BCUT2D eigenvalue weighted by molar-refractivity contribution is -0.140. The third-order valence-corrected chi connectivity index (χ3v) is 7.45. The third kappa shape index (κ3) is 4.25. The van der Waals surface area contributed by atoms with Crippen LogP contribution >= 0.6 is 8.03 Å². The van der Waals surface area contributed by atoms with E-state index < -0.39 is 19.3 Å². The van der Waals surface area contributed by atoms with Crippen LogP contribution < -0.4 is 10.6 Å². The predicted molar refractivity (Wildman–Crippen MR) is 103 cm³/mol. The molecule has 0 aromatic carbocycles. The van der Waals surface area contributed by atoms with Crippen LogP contribution in [0.15, 0.2) is 12.2 Å². The molecule has 0 aromatic rings. The van der Waals surface area contributed by atoms with Gasteiger partial charge in [0.1, 0.15) is 6.04 Å². The van der Waals surface area contributed by atoms with E-state index in [9.17, 15) is 19.0 Å². The summed E-state index contributed by atoms with van der Waals surface area (Å²) in [4.78, 5) is 37.5. The molecule has 2 fully saturated rings. The maximum absolute atomic E-state index is 13.1. The summed E-state index contributed by atoms with van der Waals surface area (Å²) in [7, 11) is -0.750. The van der Waals surface area contributed by atoms with Gasteiger partial charge in [-0.1, -0.05) is 31.9 Å². The number of hydrogen-bond acceptors (Lipinski definition) is 4. The highest BCUT2D eigenvalue weighted by atomic mass is 31.1. The summed E-state index contributed by atoms with van der Waals surface area (Å²) in [5.74, 6) is -0.210. The number of carbonyl (C=O) groups is 2. The van der Waals surface area contributed by atoms with Crippen molar-refractivity contribution in [3.63, 3.8) is 0 Å². The minimum absolute atomic E-state index is 0.0372. The Morgan fingerprint density at radius 3 is 2.81 bits per heavy atom. The number of fused-ring (bicyclic) bond motifs is 2. The molecule has 2 heterocycles. The Bertz CT molecular complexity index is 640. The van der Waals surface area contributed by atoms with Gasteiger partial charge in [-0.05, 0) is 43.2 Å². The first kappa shape index (κ1) is 20.4. The van der Waals surface area contributed by atoms with E-state index in [2.05, 4.69) is 16.7 Å². The molecule has 2 amide bonds. The Morgan fingerprint density at radius 1 is 1.33 bits per heavy atom. The van der Waals surface area contributed by atoms with Crippen LogP contribution in [-0.4, -0.2) is 52.6 Å². The molecule has 1 saturated carbocycles. The van der Waals surface area contributed by atoms with Gasteiger partial charge in [0.25, 0.3) is 5.28 Å². The summed E-state index contributed by atoms with van der Waals surface area (Å²) < 4.78 is 12.0. The van der Waals surface area contributed by atoms with Crippen LogP contribution in [0.1, 0.15) is 51.9 Å². The van der Waals surface area contributed by atoms with Crippen LogP contribution in [0.3, 0.4) is 0 Å². The average Bonchev–Trinajstić information content (AvgIpc) is 3.18. The molecule has 3 N–H and O–H groups in total. The van der Waals surface area contributed by atoms with Crippen LogP contribution in [0.25, 0.3) is 0 Å². The summed E-state index contributed by atoms with van der Waals surface area (Å²) in [6, 6.07) is -0.853. The number of carbonyl (C=O) groups excluding carboxylic acids is 2. The van der Waals surface area contributed by atoms with Crippen LogP contribution in [-0.2, 0) is 14.2 Å². The van der Waals surface area contributed by atoms with Gasteiger partial charge in [0.15, 0.2) is 0 Å². The zero-order valence-electron chi connectivity index (χ0n) is 16.2. The van der Waals surface area contributed by atoms with Gasteiger partial charge in [-0.25, -0.2) is 0 Å². The molecule has 0 bridgehead atoms. The van der Waals surface area contributed by atoms with Crippen molar-refractivity contribution in [2.75, 3.05) is 13.6 Å². The van der Waals surface area contributed by atoms with Crippen molar-refractivity contribution in [2.24, 2.45) is 11.8 Å². The largest absolute Gasteiger partial charge is 0.534 e. The van der Waals surface area contributed by atoms with Gasteiger partial charge in [0.05, 0.1) is 12.0 Å². The molecule has 3 aliphatic rings. The van der Waals surface area contributed by atoms with Crippen molar-refractivity contribution in [1.82, 2.24) is 15.5 Å². The summed E-state index contributed by atoms with van der Waals surface area (Å²) in [6.45, 7) is 2.59. The van der Waals surface area contributed by atoms with E-state index in [0.29, 0.717) is 19.4 Å². The fourth-order valence-electron chi connectivity index (χ4n) is 4.39. The van der Waals surface area contributed by atoms with Crippen LogP contribution in [0, 0.1) is 11.8 Å². The van der Waals surface area contributed by atoms with Gasteiger partial charge in [0, 0.05) is 13.0 Å². The van der Waals surface area contributed by atoms with Gasteiger partial charge < -0.3 is 15.5 Å². The second-order valence-electron chi connectivity index (χ2n) is 8.25. The molecule has 3 rings (SSSR count). The van der Waals surface area contributed by atoms with Gasteiger partial charge >= 0.3 is 8.03 Å². The molecular formula is C19H31N3O4P+. The van der Waals surface area contributed by atoms with Crippen LogP contribution in [0.5, 0.6) is 0 Å². The quantitative estimate of drug-likeness (QED) is 0.489. The maximum Gasteiger partial charge on any atom is 0.534 e. The zero-order chi connectivity index (χ0) is 19.6. The Kier molecular flexibility index (Phi) is 6.34. The summed E-state index contributed by atoms with van der Waals surface area (Å²) in [5, 5.41) is 4.89. The molecule has 0 spiro atoms. The molecule has 1 saturated heterocycles. The number of rotatable bonds is 2. The van der Waals surface area contributed by atoms with Gasteiger partial charge in [-0.15, -0.1) is 0 Å². The smallest absolute Gasteiger partial charge is 0.329 e. The highest BCUT2D eigenvalue weighted by molar-refractivity contribution is 7.40. The first-order valence-electron chi connectivity index (χ1n) is 10.0. The highest BCUT2D eigenvalue weighted by Gasteiger charge is 2.70. The second-order valence-corrected chi connectivity index (χ2v) is 9.60. The normalized spacial score (nSPS) is 39.5. The van der Waals surface area contributed by atoms with Crippen molar-refractivity contribution in [1.29, 1.82) is 0 Å². The molecule has 7 nitrogen and oxygen atoms in total. The lowest BCUT2D eigenvalue weighted by Crippen LogP contribution is -2.53. The number of hydrogen-bond donors (Lipinski definition) is 3. The second kappa shape index (κ2) is 8.38. The Labute approximate surface area is 161 Å². The van der Waals surface area contributed by atoms with E-state index in [4.69, 9.17) is 0 Å². The minimum Gasteiger partial charge on any atom is -0.329 e. The third-order valence-electron chi connectivity index (χ3n) is 6.14. The monoisotopic (exact) mass is 396 g/mol. The predicted octanol–water partition coefficient (Wildman–Crippen LogP) is 1.90. The first-order valence-corrected chi connectivity index (χ1v) is 11.2. The molecule has 0 aromatic heterocycles. The SMILES string of the molecule is CNC1CCCCC/C=C\C2CC2([P+](=O)O)NC(=O)C2CC(C)CN2C1=O. The number of nitrogens with zero attached hydrogens (tertiary/aromatic N) is 1. The van der Waals surface area contributed by atoms with Crippen molar-refractivity contribution in [2.45, 2.75) is 69.2 Å². The molecule has 6 atom stereocenters.